The Hall–Kier alpha value is -0.870. The van der Waals surface area contributed by atoms with E-state index in [1.165, 1.54) is 0 Å². The molecule has 0 spiro atoms. The van der Waals surface area contributed by atoms with E-state index in [0.29, 0.717) is 5.92 Å². The SMILES string of the molecule is Cc1c(C(O)C(N)CC(C)C)cnn1C. The van der Waals surface area contributed by atoms with Gasteiger partial charge in [0, 0.05) is 24.3 Å². The Morgan fingerprint density at radius 3 is 2.53 bits per heavy atom. The second-order valence-electron chi connectivity index (χ2n) is 4.55. The largest absolute Gasteiger partial charge is 0.387 e. The summed E-state index contributed by atoms with van der Waals surface area (Å²) in [5.41, 5.74) is 7.75. The van der Waals surface area contributed by atoms with Crippen molar-refractivity contribution in [2.45, 2.75) is 39.3 Å². The first-order valence-electron chi connectivity index (χ1n) is 5.35. The fourth-order valence-electron chi connectivity index (χ4n) is 1.71. The van der Waals surface area contributed by atoms with Gasteiger partial charge >= 0.3 is 0 Å². The predicted molar refractivity (Wildman–Crippen MR) is 60.3 cm³/mol. The molecule has 0 saturated carbocycles. The number of aromatic nitrogens is 2. The summed E-state index contributed by atoms with van der Waals surface area (Å²) in [7, 11) is 1.86. The Balaban J connectivity index is 2.75. The van der Waals surface area contributed by atoms with Crippen molar-refractivity contribution in [3.8, 4) is 0 Å². The van der Waals surface area contributed by atoms with E-state index in [4.69, 9.17) is 5.73 Å². The third-order valence-electron chi connectivity index (χ3n) is 2.74. The highest BCUT2D eigenvalue weighted by atomic mass is 16.3. The van der Waals surface area contributed by atoms with Crippen LogP contribution in [-0.4, -0.2) is 20.9 Å². The summed E-state index contributed by atoms with van der Waals surface area (Å²) >= 11 is 0. The van der Waals surface area contributed by atoms with E-state index >= 15 is 0 Å². The molecule has 2 atom stereocenters. The summed E-state index contributed by atoms with van der Waals surface area (Å²) in [5.74, 6) is 0.492. The van der Waals surface area contributed by atoms with Gasteiger partial charge in [0.25, 0.3) is 0 Å². The van der Waals surface area contributed by atoms with E-state index in [9.17, 15) is 5.11 Å². The molecule has 3 N–H and O–H groups in total. The number of nitrogens with zero attached hydrogens (tertiary/aromatic N) is 2. The van der Waals surface area contributed by atoms with Crippen LogP contribution in [0.25, 0.3) is 0 Å². The monoisotopic (exact) mass is 211 g/mol. The van der Waals surface area contributed by atoms with Gasteiger partial charge in [-0.25, -0.2) is 0 Å². The van der Waals surface area contributed by atoms with Gasteiger partial charge in [-0.3, -0.25) is 4.68 Å². The van der Waals surface area contributed by atoms with Crippen LogP contribution in [0.5, 0.6) is 0 Å². The number of aliphatic hydroxyl groups excluding tert-OH is 1. The highest BCUT2D eigenvalue weighted by Crippen LogP contribution is 2.22. The third-order valence-corrected chi connectivity index (χ3v) is 2.74. The lowest BCUT2D eigenvalue weighted by atomic mass is 9.96. The summed E-state index contributed by atoms with van der Waals surface area (Å²) in [6, 6.07) is -0.215. The molecule has 1 heterocycles. The van der Waals surface area contributed by atoms with Crippen molar-refractivity contribution >= 4 is 0 Å². The molecule has 0 saturated heterocycles. The molecule has 0 aliphatic heterocycles. The second kappa shape index (κ2) is 4.77. The molecule has 4 heteroatoms. The van der Waals surface area contributed by atoms with Crippen LogP contribution >= 0.6 is 0 Å². The van der Waals surface area contributed by atoms with Gasteiger partial charge in [0.1, 0.15) is 0 Å². The molecular formula is C11H21N3O. The molecule has 0 aromatic carbocycles. The molecule has 1 rings (SSSR count). The van der Waals surface area contributed by atoms with Gasteiger partial charge in [-0.2, -0.15) is 5.10 Å². The molecule has 4 nitrogen and oxygen atoms in total. The average Bonchev–Trinajstić information content (AvgIpc) is 2.45. The van der Waals surface area contributed by atoms with Crippen LogP contribution in [0.2, 0.25) is 0 Å². The van der Waals surface area contributed by atoms with Crippen LogP contribution in [0.1, 0.15) is 37.6 Å². The standard InChI is InChI=1S/C11H21N3O/c1-7(2)5-10(12)11(15)9-6-13-14(4)8(9)3/h6-7,10-11,15H,5,12H2,1-4H3. The van der Waals surface area contributed by atoms with Gasteiger partial charge in [0.2, 0.25) is 0 Å². The van der Waals surface area contributed by atoms with Gasteiger partial charge in [-0.15, -0.1) is 0 Å². The van der Waals surface area contributed by atoms with Crippen LogP contribution in [0.4, 0.5) is 0 Å². The smallest absolute Gasteiger partial charge is 0.0973 e. The summed E-state index contributed by atoms with van der Waals surface area (Å²) in [6.45, 7) is 6.14. The summed E-state index contributed by atoms with van der Waals surface area (Å²) in [6.07, 6.45) is 1.90. The van der Waals surface area contributed by atoms with Gasteiger partial charge in [-0.1, -0.05) is 13.8 Å². The van der Waals surface area contributed by atoms with E-state index in [-0.39, 0.29) is 6.04 Å². The third kappa shape index (κ3) is 2.79. The molecule has 15 heavy (non-hydrogen) atoms. The predicted octanol–water partition coefficient (Wildman–Crippen LogP) is 1.14. The van der Waals surface area contributed by atoms with Gasteiger partial charge in [-0.05, 0) is 19.3 Å². The summed E-state index contributed by atoms with van der Waals surface area (Å²) in [4.78, 5) is 0. The molecule has 1 aromatic heterocycles. The van der Waals surface area contributed by atoms with Crippen LogP contribution in [0.15, 0.2) is 6.20 Å². The molecular weight excluding hydrogens is 190 g/mol. The Kier molecular flexibility index (Phi) is 3.88. The van der Waals surface area contributed by atoms with Gasteiger partial charge in [0.05, 0.1) is 12.3 Å². The molecule has 2 unspecified atom stereocenters. The van der Waals surface area contributed by atoms with E-state index in [1.54, 1.807) is 10.9 Å². The van der Waals surface area contributed by atoms with Crippen molar-refractivity contribution < 1.29 is 5.11 Å². The van der Waals surface area contributed by atoms with Crippen LogP contribution in [0, 0.1) is 12.8 Å². The number of hydrogen-bond acceptors (Lipinski definition) is 3. The lowest BCUT2D eigenvalue weighted by molar-refractivity contribution is 0.135. The fourth-order valence-corrected chi connectivity index (χ4v) is 1.71. The Morgan fingerprint density at radius 1 is 1.53 bits per heavy atom. The van der Waals surface area contributed by atoms with E-state index in [1.807, 2.05) is 14.0 Å². The molecule has 86 valence electrons. The zero-order chi connectivity index (χ0) is 11.6. The normalized spacial score (nSPS) is 15.7. The van der Waals surface area contributed by atoms with Crippen molar-refractivity contribution in [1.82, 2.24) is 9.78 Å². The average molecular weight is 211 g/mol. The van der Waals surface area contributed by atoms with Crippen molar-refractivity contribution in [2.24, 2.45) is 18.7 Å². The molecule has 0 aliphatic rings. The van der Waals surface area contributed by atoms with Crippen LogP contribution in [-0.2, 0) is 7.05 Å². The first-order valence-corrected chi connectivity index (χ1v) is 5.35. The first kappa shape index (κ1) is 12.2. The van der Waals surface area contributed by atoms with Crippen molar-refractivity contribution in [3.05, 3.63) is 17.5 Å². The van der Waals surface area contributed by atoms with Gasteiger partial charge < -0.3 is 10.8 Å². The first-order chi connectivity index (χ1) is 6.93. The fraction of sp³-hybridized carbons (Fsp3) is 0.727. The van der Waals surface area contributed by atoms with E-state index in [2.05, 4.69) is 18.9 Å². The molecule has 0 aliphatic carbocycles. The van der Waals surface area contributed by atoms with Gasteiger partial charge in [0.15, 0.2) is 0 Å². The number of aryl methyl sites for hydroxylation is 1. The maximum Gasteiger partial charge on any atom is 0.0973 e. The van der Waals surface area contributed by atoms with Crippen molar-refractivity contribution in [1.29, 1.82) is 0 Å². The summed E-state index contributed by atoms with van der Waals surface area (Å²) < 4.78 is 1.75. The quantitative estimate of drug-likeness (QED) is 0.785. The number of rotatable bonds is 4. The van der Waals surface area contributed by atoms with E-state index in [0.717, 1.165) is 17.7 Å². The molecule has 0 amide bonds. The maximum atomic E-state index is 10.1. The maximum absolute atomic E-state index is 10.1. The van der Waals surface area contributed by atoms with E-state index < -0.39 is 6.10 Å². The lowest BCUT2D eigenvalue weighted by Gasteiger charge is -2.20. The van der Waals surface area contributed by atoms with Crippen molar-refractivity contribution in [2.75, 3.05) is 0 Å². The van der Waals surface area contributed by atoms with Crippen LogP contribution in [0.3, 0.4) is 0 Å². The number of hydrogen-bond donors (Lipinski definition) is 2. The number of nitrogens with two attached hydrogens (primary N) is 1. The lowest BCUT2D eigenvalue weighted by Crippen LogP contribution is -2.30. The molecule has 0 fully saturated rings. The Labute approximate surface area is 91.1 Å². The summed E-state index contributed by atoms with van der Waals surface area (Å²) in [5, 5.41) is 14.2. The highest BCUT2D eigenvalue weighted by Gasteiger charge is 2.21. The topological polar surface area (TPSA) is 64.1 Å². The minimum atomic E-state index is -0.610. The zero-order valence-corrected chi connectivity index (χ0v) is 9.94. The minimum Gasteiger partial charge on any atom is -0.387 e. The zero-order valence-electron chi connectivity index (χ0n) is 9.94. The molecule has 1 aromatic rings. The second-order valence-corrected chi connectivity index (χ2v) is 4.55. The Morgan fingerprint density at radius 2 is 2.13 bits per heavy atom. The van der Waals surface area contributed by atoms with Crippen molar-refractivity contribution in [3.63, 3.8) is 0 Å². The molecule has 0 bridgehead atoms. The highest BCUT2D eigenvalue weighted by molar-refractivity contribution is 5.20. The Bertz CT molecular complexity index is 320. The van der Waals surface area contributed by atoms with Crippen LogP contribution < -0.4 is 5.73 Å². The molecule has 0 radical (unpaired) electrons. The minimum absolute atomic E-state index is 0.215. The number of aliphatic hydroxyl groups is 1.